The maximum absolute atomic E-state index is 12.1. The van der Waals surface area contributed by atoms with Crippen LogP contribution in [0.15, 0.2) is 0 Å². The summed E-state index contributed by atoms with van der Waals surface area (Å²) in [6.45, 7) is 2.77. The van der Waals surface area contributed by atoms with Gasteiger partial charge in [-0.15, -0.1) is 0 Å². The van der Waals surface area contributed by atoms with E-state index in [1.165, 1.54) is 4.90 Å². The first-order chi connectivity index (χ1) is 8.06. The maximum atomic E-state index is 12.1. The van der Waals surface area contributed by atoms with Crippen molar-refractivity contribution < 1.29 is 19.5 Å². The van der Waals surface area contributed by atoms with Crippen molar-refractivity contribution in [1.29, 1.82) is 0 Å². The fraction of sp³-hybridized carbons (Fsp3) is 0.727. The molecule has 0 aromatic heterocycles. The zero-order chi connectivity index (χ0) is 12.6. The van der Waals surface area contributed by atoms with Gasteiger partial charge in [-0.3, -0.25) is 14.4 Å². The number of amides is 2. The van der Waals surface area contributed by atoms with Crippen LogP contribution in [0.1, 0.15) is 19.8 Å². The average molecular weight is 240 g/mol. The number of carbonyl (C=O) groups excluding carboxylic acids is 2. The molecule has 6 nitrogen and oxygen atoms in total. The first kappa shape index (κ1) is 11.9. The molecule has 0 bridgehead atoms. The molecule has 2 amide bonds. The molecule has 1 aliphatic heterocycles. The predicted molar refractivity (Wildman–Crippen MR) is 58.0 cm³/mol. The number of piperazine rings is 1. The van der Waals surface area contributed by atoms with Gasteiger partial charge < -0.3 is 15.3 Å². The van der Waals surface area contributed by atoms with E-state index in [0.717, 1.165) is 0 Å². The molecule has 0 spiro atoms. The molecule has 2 rings (SSSR count). The molecule has 3 unspecified atom stereocenters. The third-order valence-corrected chi connectivity index (χ3v) is 3.43. The average Bonchev–Trinajstić information content (AvgIpc) is 3.07. The molecule has 1 saturated heterocycles. The molecular weight excluding hydrogens is 224 g/mol. The van der Waals surface area contributed by atoms with Crippen LogP contribution in [0.5, 0.6) is 0 Å². The van der Waals surface area contributed by atoms with Crippen molar-refractivity contribution in [3.05, 3.63) is 0 Å². The number of rotatable bonds is 3. The van der Waals surface area contributed by atoms with E-state index in [9.17, 15) is 14.4 Å². The Morgan fingerprint density at radius 2 is 2.18 bits per heavy atom. The normalized spacial score (nSPS) is 31.9. The Bertz CT molecular complexity index is 368. The van der Waals surface area contributed by atoms with Gasteiger partial charge in [0.15, 0.2) is 0 Å². The lowest BCUT2D eigenvalue weighted by Crippen LogP contribution is -2.57. The highest BCUT2D eigenvalue weighted by Crippen LogP contribution is 2.40. The van der Waals surface area contributed by atoms with Crippen molar-refractivity contribution in [3.63, 3.8) is 0 Å². The molecule has 6 heteroatoms. The second kappa shape index (κ2) is 4.35. The van der Waals surface area contributed by atoms with Crippen LogP contribution in [-0.4, -0.2) is 46.9 Å². The summed E-state index contributed by atoms with van der Waals surface area (Å²) in [5.74, 6) is -2.21. The Balaban J connectivity index is 2.03. The molecule has 1 aliphatic carbocycles. The van der Waals surface area contributed by atoms with Crippen LogP contribution in [0.25, 0.3) is 0 Å². The highest BCUT2D eigenvalue weighted by atomic mass is 16.4. The van der Waals surface area contributed by atoms with Crippen molar-refractivity contribution in [2.45, 2.75) is 25.8 Å². The molecule has 0 aromatic rings. The van der Waals surface area contributed by atoms with Gasteiger partial charge in [-0.2, -0.15) is 0 Å². The number of carboxylic acid groups (broad SMARTS) is 1. The smallest absolute Gasteiger partial charge is 0.307 e. The third kappa shape index (κ3) is 2.11. The predicted octanol–water partition coefficient (Wildman–Crippen LogP) is -0.556. The number of carboxylic acids is 1. The second-order valence-electron chi connectivity index (χ2n) is 4.53. The van der Waals surface area contributed by atoms with E-state index in [1.807, 2.05) is 6.92 Å². The number of hydrogen-bond acceptors (Lipinski definition) is 3. The van der Waals surface area contributed by atoms with E-state index in [-0.39, 0.29) is 11.8 Å². The van der Waals surface area contributed by atoms with E-state index < -0.39 is 23.8 Å². The molecular formula is C11H16N2O4. The first-order valence-corrected chi connectivity index (χ1v) is 5.87. The highest BCUT2D eigenvalue weighted by molar-refractivity contribution is 5.93. The zero-order valence-corrected chi connectivity index (χ0v) is 9.68. The van der Waals surface area contributed by atoms with Crippen LogP contribution < -0.4 is 5.32 Å². The summed E-state index contributed by atoms with van der Waals surface area (Å²) < 4.78 is 0. The van der Waals surface area contributed by atoms with E-state index in [4.69, 9.17) is 5.11 Å². The number of carbonyl (C=O) groups is 3. The Morgan fingerprint density at radius 3 is 2.71 bits per heavy atom. The van der Waals surface area contributed by atoms with Gasteiger partial charge in [0.1, 0.15) is 6.04 Å². The van der Waals surface area contributed by atoms with Crippen LogP contribution in [0, 0.1) is 11.8 Å². The zero-order valence-electron chi connectivity index (χ0n) is 9.68. The topological polar surface area (TPSA) is 86.7 Å². The maximum Gasteiger partial charge on any atom is 0.307 e. The molecule has 17 heavy (non-hydrogen) atoms. The molecule has 1 saturated carbocycles. The molecule has 3 atom stereocenters. The van der Waals surface area contributed by atoms with Gasteiger partial charge in [0.05, 0.1) is 11.8 Å². The highest BCUT2D eigenvalue weighted by Gasteiger charge is 2.51. The summed E-state index contributed by atoms with van der Waals surface area (Å²) in [6, 6.07) is -0.439. The fourth-order valence-corrected chi connectivity index (χ4v) is 2.34. The van der Waals surface area contributed by atoms with Crippen LogP contribution in [0.2, 0.25) is 0 Å². The number of hydrogen-bond donors (Lipinski definition) is 2. The molecule has 2 fully saturated rings. The standard InChI is InChI=1S/C11H16N2O4/c1-2-8-9(14)12-3-4-13(8)10(15)6-5-7(6)11(16)17/h6-8H,2-5H2,1H3,(H,12,14)(H,16,17). The van der Waals surface area contributed by atoms with Gasteiger partial charge >= 0.3 is 5.97 Å². The van der Waals surface area contributed by atoms with Gasteiger partial charge in [0.2, 0.25) is 11.8 Å². The van der Waals surface area contributed by atoms with Crippen LogP contribution >= 0.6 is 0 Å². The fourth-order valence-electron chi connectivity index (χ4n) is 2.34. The summed E-state index contributed by atoms with van der Waals surface area (Å²) in [4.78, 5) is 35.9. The van der Waals surface area contributed by atoms with Gasteiger partial charge in [-0.25, -0.2) is 0 Å². The van der Waals surface area contributed by atoms with E-state index in [0.29, 0.717) is 25.9 Å². The minimum absolute atomic E-state index is 0.139. The van der Waals surface area contributed by atoms with Crippen LogP contribution in [0.4, 0.5) is 0 Å². The molecule has 1 heterocycles. The van der Waals surface area contributed by atoms with Crippen molar-refractivity contribution in [2.75, 3.05) is 13.1 Å². The Labute approximate surface area is 99.0 Å². The van der Waals surface area contributed by atoms with Gasteiger partial charge in [0, 0.05) is 13.1 Å². The van der Waals surface area contributed by atoms with Crippen LogP contribution in [0.3, 0.4) is 0 Å². The van der Waals surface area contributed by atoms with Gasteiger partial charge in [0.25, 0.3) is 0 Å². The van der Waals surface area contributed by atoms with Crippen molar-refractivity contribution in [1.82, 2.24) is 10.2 Å². The Kier molecular flexibility index (Phi) is 3.04. The molecule has 0 radical (unpaired) electrons. The lowest BCUT2D eigenvalue weighted by molar-refractivity contribution is -0.146. The molecule has 94 valence electrons. The summed E-state index contributed by atoms with van der Waals surface area (Å²) >= 11 is 0. The minimum atomic E-state index is -0.919. The van der Waals surface area contributed by atoms with E-state index in [1.54, 1.807) is 0 Å². The SMILES string of the molecule is CCC1C(=O)NCCN1C(=O)C1CC1C(=O)O. The molecule has 0 aromatic carbocycles. The minimum Gasteiger partial charge on any atom is -0.481 e. The van der Waals surface area contributed by atoms with E-state index >= 15 is 0 Å². The molecule has 2 aliphatic rings. The Hall–Kier alpha value is -1.59. The van der Waals surface area contributed by atoms with Crippen molar-refractivity contribution in [2.24, 2.45) is 11.8 Å². The number of nitrogens with zero attached hydrogens (tertiary/aromatic N) is 1. The van der Waals surface area contributed by atoms with Crippen LogP contribution in [-0.2, 0) is 14.4 Å². The van der Waals surface area contributed by atoms with Crippen molar-refractivity contribution in [3.8, 4) is 0 Å². The monoisotopic (exact) mass is 240 g/mol. The van der Waals surface area contributed by atoms with Gasteiger partial charge in [-0.1, -0.05) is 6.92 Å². The summed E-state index contributed by atoms with van der Waals surface area (Å²) in [5.41, 5.74) is 0. The quantitative estimate of drug-likeness (QED) is 0.692. The lowest BCUT2D eigenvalue weighted by Gasteiger charge is -2.34. The first-order valence-electron chi connectivity index (χ1n) is 5.87. The lowest BCUT2D eigenvalue weighted by atomic mass is 10.1. The summed E-state index contributed by atoms with van der Waals surface area (Å²) in [6.07, 6.45) is 0.963. The summed E-state index contributed by atoms with van der Waals surface area (Å²) in [5, 5.41) is 11.5. The number of aliphatic carboxylic acids is 1. The molecule has 2 N–H and O–H groups in total. The van der Waals surface area contributed by atoms with E-state index in [2.05, 4.69) is 5.32 Å². The summed E-state index contributed by atoms with van der Waals surface area (Å²) in [7, 11) is 0. The van der Waals surface area contributed by atoms with Gasteiger partial charge in [-0.05, 0) is 12.8 Å². The van der Waals surface area contributed by atoms with Crippen molar-refractivity contribution >= 4 is 17.8 Å². The largest absolute Gasteiger partial charge is 0.481 e. The second-order valence-corrected chi connectivity index (χ2v) is 4.53. The Morgan fingerprint density at radius 1 is 1.47 bits per heavy atom. The number of nitrogens with one attached hydrogen (secondary N) is 1. The third-order valence-electron chi connectivity index (χ3n) is 3.43.